The molecular weight excluding hydrogens is 211 g/mol. The van der Waals surface area contributed by atoms with E-state index in [-0.39, 0.29) is 0 Å². The minimum absolute atomic E-state index is 0.395. The highest BCUT2D eigenvalue weighted by Crippen LogP contribution is 2.45. The highest BCUT2D eigenvalue weighted by Gasteiger charge is 2.24. The Labute approximate surface area is 90.9 Å². The van der Waals surface area contributed by atoms with Gasteiger partial charge < -0.3 is 9.05 Å². The van der Waals surface area contributed by atoms with Crippen LogP contribution >= 0.6 is 7.60 Å². The molecule has 0 N–H and O–H groups in total. The van der Waals surface area contributed by atoms with E-state index in [1.807, 2.05) is 18.2 Å². The molecule has 0 bridgehead atoms. The summed E-state index contributed by atoms with van der Waals surface area (Å²) in [6.07, 6.45) is 0. The molecule has 0 fully saturated rings. The summed E-state index contributed by atoms with van der Waals surface area (Å²) in [5.74, 6) is 0.395. The molecule has 0 heterocycles. The van der Waals surface area contributed by atoms with Crippen molar-refractivity contribution in [2.45, 2.75) is 19.8 Å². The monoisotopic (exact) mass is 228 g/mol. The molecule has 0 spiro atoms. The topological polar surface area (TPSA) is 35.5 Å². The molecule has 0 aliphatic heterocycles. The lowest BCUT2D eigenvalue weighted by molar-refractivity contribution is 0.287. The third-order valence-corrected chi connectivity index (χ3v) is 4.21. The van der Waals surface area contributed by atoms with Crippen LogP contribution in [0.4, 0.5) is 0 Å². The average molecular weight is 228 g/mol. The highest BCUT2D eigenvalue weighted by atomic mass is 31.2. The Balaban J connectivity index is 3.15. The molecule has 0 atom stereocenters. The first kappa shape index (κ1) is 12.4. The first-order valence-corrected chi connectivity index (χ1v) is 6.40. The van der Waals surface area contributed by atoms with Crippen LogP contribution in [0, 0.1) is 0 Å². The summed E-state index contributed by atoms with van der Waals surface area (Å²) in [5.41, 5.74) is 1.13. The normalized spacial score (nSPS) is 12.1. The average Bonchev–Trinajstić information content (AvgIpc) is 2.28. The zero-order chi connectivity index (χ0) is 11.5. The summed E-state index contributed by atoms with van der Waals surface area (Å²) in [6, 6.07) is 7.51. The van der Waals surface area contributed by atoms with E-state index in [9.17, 15) is 4.57 Å². The molecule has 1 aromatic carbocycles. The lowest BCUT2D eigenvalue weighted by Crippen LogP contribution is -2.08. The molecule has 84 valence electrons. The molecule has 4 heteroatoms. The Hall–Kier alpha value is -0.630. The van der Waals surface area contributed by atoms with E-state index in [4.69, 9.17) is 9.05 Å². The second-order valence-electron chi connectivity index (χ2n) is 3.61. The van der Waals surface area contributed by atoms with Gasteiger partial charge in [-0.3, -0.25) is 4.57 Å². The van der Waals surface area contributed by atoms with Crippen LogP contribution in [0.2, 0.25) is 0 Å². The summed E-state index contributed by atoms with van der Waals surface area (Å²) in [7, 11) is -0.310. The number of hydrogen-bond donors (Lipinski definition) is 0. The molecule has 0 unspecified atom stereocenters. The fourth-order valence-corrected chi connectivity index (χ4v) is 2.49. The van der Waals surface area contributed by atoms with E-state index < -0.39 is 7.60 Å². The van der Waals surface area contributed by atoms with Crippen molar-refractivity contribution in [3.8, 4) is 0 Å². The quantitative estimate of drug-likeness (QED) is 0.743. The maximum Gasteiger partial charge on any atom is 0.360 e. The molecule has 1 rings (SSSR count). The van der Waals surface area contributed by atoms with Crippen molar-refractivity contribution >= 4 is 12.9 Å². The Morgan fingerprint density at radius 2 is 1.80 bits per heavy atom. The maximum atomic E-state index is 12.1. The van der Waals surface area contributed by atoms with Gasteiger partial charge in [0.1, 0.15) is 0 Å². The third-order valence-electron chi connectivity index (χ3n) is 2.33. The zero-order valence-electron chi connectivity index (χ0n) is 9.56. The van der Waals surface area contributed by atoms with Gasteiger partial charge in [-0.15, -0.1) is 0 Å². The van der Waals surface area contributed by atoms with Gasteiger partial charge in [-0.25, -0.2) is 0 Å². The van der Waals surface area contributed by atoms with Crippen molar-refractivity contribution in [2.24, 2.45) is 0 Å². The fourth-order valence-electron chi connectivity index (χ4n) is 1.34. The van der Waals surface area contributed by atoms with Crippen LogP contribution in [0.25, 0.3) is 0 Å². The van der Waals surface area contributed by atoms with Crippen LogP contribution in [0.1, 0.15) is 25.3 Å². The molecule has 15 heavy (non-hydrogen) atoms. The first-order chi connectivity index (χ1) is 7.03. The van der Waals surface area contributed by atoms with Gasteiger partial charge >= 0.3 is 7.60 Å². The minimum atomic E-state index is -3.10. The predicted octanol–water partition coefficient (Wildman–Crippen LogP) is 2.92. The van der Waals surface area contributed by atoms with Crippen LogP contribution < -0.4 is 5.30 Å². The summed E-state index contributed by atoms with van der Waals surface area (Å²) >= 11 is 0. The van der Waals surface area contributed by atoms with Gasteiger partial charge in [-0.05, 0) is 23.6 Å². The zero-order valence-corrected chi connectivity index (χ0v) is 10.5. The highest BCUT2D eigenvalue weighted by molar-refractivity contribution is 7.62. The van der Waals surface area contributed by atoms with Crippen LogP contribution in [0.15, 0.2) is 24.3 Å². The smallest absolute Gasteiger partial charge is 0.309 e. The molecule has 3 nitrogen and oxygen atoms in total. The van der Waals surface area contributed by atoms with Gasteiger partial charge in [-0.1, -0.05) is 26.0 Å². The summed E-state index contributed by atoms with van der Waals surface area (Å²) in [6.45, 7) is 4.17. The van der Waals surface area contributed by atoms with Crippen LogP contribution in [-0.4, -0.2) is 14.2 Å². The van der Waals surface area contributed by atoms with Crippen molar-refractivity contribution in [3.63, 3.8) is 0 Å². The molecule has 0 saturated heterocycles. The van der Waals surface area contributed by atoms with Crippen molar-refractivity contribution in [1.29, 1.82) is 0 Å². The minimum Gasteiger partial charge on any atom is -0.309 e. The molecule has 1 aromatic rings. The summed E-state index contributed by atoms with van der Waals surface area (Å²) < 4.78 is 22.0. The van der Waals surface area contributed by atoms with E-state index in [0.717, 1.165) is 5.56 Å². The second kappa shape index (κ2) is 4.93. The van der Waals surface area contributed by atoms with Gasteiger partial charge in [0.05, 0.1) is 5.30 Å². The standard InChI is InChI=1S/C11H17O3P/c1-9(2)10-6-5-7-11(8-10)15(12,13-3)14-4/h5-9H,1-4H3. The maximum absolute atomic E-state index is 12.1. The predicted molar refractivity (Wildman–Crippen MR) is 61.8 cm³/mol. The summed E-state index contributed by atoms with van der Waals surface area (Å²) in [5, 5.41) is 0.610. The molecule has 0 amide bonds. The van der Waals surface area contributed by atoms with E-state index in [1.165, 1.54) is 14.2 Å². The fraction of sp³-hybridized carbons (Fsp3) is 0.455. The van der Waals surface area contributed by atoms with Gasteiger partial charge in [0, 0.05) is 14.2 Å². The van der Waals surface area contributed by atoms with Crippen molar-refractivity contribution < 1.29 is 13.6 Å². The molecule has 0 saturated carbocycles. The molecular formula is C11H17O3P. The lowest BCUT2D eigenvalue weighted by atomic mass is 10.0. The van der Waals surface area contributed by atoms with Crippen LogP contribution in [0.5, 0.6) is 0 Å². The van der Waals surface area contributed by atoms with Crippen molar-refractivity contribution in [3.05, 3.63) is 29.8 Å². The first-order valence-electron chi connectivity index (χ1n) is 4.85. The van der Waals surface area contributed by atoms with Crippen molar-refractivity contribution in [1.82, 2.24) is 0 Å². The lowest BCUT2D eigenvalue weighted by Gasteiger charge is -2.15. The molecule has 0 radical (unpaired) electrons. The van der Waals surface area contributed by atoms with E-state index in [2.05, 4.69) is 13.8 Å². The summed E-state index contributed by atoms with van der Waals surface area (Å²) in [4.78, 5) is 0. The SMILES string of the molecule is COP(=O)(OC)c1cccc(C(C)C)c1. The molecule has 0 aliphatic carbocycles. The largest absolute Gasteiger partial charge is 0.360 e. The van der Waals surface area contributed by atoms with Gasteiger partial charge in [0.25, 0.3) is 0 Å². The molecule has 0 aromatic heterocycles. The van der Waals surface area contributed by atoms with Crippen LogP contribution in [-0.2, 0) is 13.6 Å². The number of benzene rings is 1. The van der Waals surface area contributed by atoms with Gasteiger partial charge in [0.2, 0.25) is 0 Å². The number of rotatable bonds is 4. The third kappa shape index (κ3) is 2.69. The Bertz CT molecular complexity index is 366. The Morgan fingerprint density at radius 1 is 1.20 bits per heavy atom. The van der Waals surface area contributed by atoms with Gasteiger partial charge in [-0.2, -0.15) is 0 Å². The van der Waals surface area contributed by atoms with E-state index >= 15 is 0 Å². The van der Waals surface area contributed by atoms with E-state index in [0.29, 0.717) is 11.2 Å². The Kier molecular flexibility index (Phi) is 4.09. The van der Waals surface area contributed by atoms with Crippen LogP contribution in [0.3, 0.4) is 0 Å². The van der Waals surface area contributed by atoms with E-state index in [1.54, 1.807) is 6.07 Å². The second-order valence-corrected chi connectivity index (χ2v) is 5.85. The Morgan fingerprint density at radius 3 is 2.27 bits per heavy atom. The molecule has 0 aliphatic rings. The van der Waals surface area contributed by atoms with Crippen molar-refractivity contribution in [2.75, 3.05) is 14.2 Å². The number of hydrogen-bond acceptors (Lipinski definition) is 3. The van der Waals surface area contributed by atoms with Gasteiger partial charge in [0.15, 0.2) is 0 Å².